The number of rotatable bonds is 2. The fourth-order valence-corrected chi connectivity index (χ4v) is 0.125. The molecule has 0 saturated carbocycles. The van der Waals surface area contributed by atoms with Crippen molar-refractivity contribution in [3.05, 3.63) is 12.3 Å². The Morgan fingerprint density at radius 1 is 2.00 bits per heavy atom. The lowest BCUT2D eigenvalue weighted by Gasteiger charge is -1.89. The van der Waals surface area contributed by atoms with Crippen molar-refractivity contribution in [2.75, 3.05) is 6.61 Å². The fraction of sp³-hybridized carbons (Fsp3) is 0.250. The van der Waals surface area contributed by atoms with Crippen LogP contribution in [-0.2, 0) is 4.74 Å². The average Bonchev–Trinajstić information content (AvgIpc) is 1.61. The molecule has 0 spiro atoms. The van der Waals surface area contributed by atoms with Gasteiger partial charge in [-0.1, -0.05) is 6.58 Å². The summed E-state index contributed by atoms with van der Waals surface area (Å²) in [5, 5.41) is 7.75. The molecule has 3 heteroatoms. The van der Waals surface area contributed by atoms with Crippen LogP contribution in [-0.4, -0.2) is 6.61 Å². The molecule has 0 aliphatic carbocycles. The molecule has 0 atom stereocenters. The summed E-state index contributed by atoms with van der Waals surface area (Å²) >= 11 is 0. The van der Waals surface area contributed by atoms with Crippen LogP contribution in [0.25, 0.3) is 0 Å². The highest BCUT2D eigenvalue weighted by Gasteiger charge is 1.80. The van der Waals surface area contributed by atoms with Gasteiger partial charge in [0.05, 0.1) is 0 Å². The van der Waals surface area contributed by atoms with E-state index in [2.05, 4.69) is 11.3 Å². The number of hydrogen-bond acceptors (Lipinski definition) is 3. The summed E-state index contributed by atoms with van der Waals surface area (Å²) < 4.78 is 4.18. The van der Waals surface area contributed by atoms with Crippen LogP contribution in [0.15, 0.2) is 12.3 Å². The highest BCUT2D eigenvalue weighted by molar-refractivity contribution is 4.86. The fourth-order valence-electron chi connectivity index (χ4n) is 0.125. The third-order valence-corrected chi connectivity index (χ3v) is 0.322. The van der Waals surface area contributed by atoms with Gasteiger partial charge in [0.25, 0.3) is 6.26 Å². The van der Waals surface area contributed by atoms with E-state index < -0.39 is 0 Å². The molecule has 0 unspecified atom stereocenters. The first-order valence-corrected chi connectivity index (χ1v) is 1.71. The predicted molar refractivity (Wildman–Crippen MR) is 24.9 cm³/mol. The lowest BCUT2D eigenvalue weighted by atomic mass is 10.6. The molecule has 0 fully saturated rings. The van der Waals surface area contributed by atoms with Gasteiger partial charge in [0.15, 0.2) is 0 Å². The Morgan fingerprint density at radius 3 is 2.71 bits per heavy atom. The molecule has 0 amide bonds. The minimum Gasteiger partial charge on any atom is -0.421 e. The van der Waals surface area contributed by atoms with Gasteiger partial charge in [-0.3, -0.25) is 0 Å². The molecule has 0 saturated heterocycles. The van der Waals surface area contributed by atoms with E-state index in [9.17, 15) is 0 Å². The molecule has 3 nitrogen and oxygen atoms in total. The molecule has 38 valence electrons. The van der Waals surface area contributed by atoms with E-state index in [1.165, 1.54) is 6.26 Å². The van der Waals surface area contributed by atoms with Gasteiger partial charge in [-0.15, -0.1) is 0 Å². The average molecular weight is 98.1 g/mol. The first-order chi connectivity index (χ1) is 3.27. The summed E-state index contributed by atoms with van der Waals surface area (Å²) in [6, 6.07) is 0. The maximum Gasteiger partial charge on any atom is 0.286 e. The second-order valence-corrected chi connectivity index (χ2v) is 1.04. The molecule has 0 aromatic rings. The van der Waals surface area contributed by atoms with E-state index in [-0.39, 0.29) is 6.61 Å². The van der Waals surface area contributed by atoms with Crippen molar-refractivity contribution < 1.29 is 4.74 Å². The van der Waals surface area contributed by atoms with Gasteiger partial charge in [-0.25, -0.2) is 0 Å². The van der Waals surface area contributed by atoms with Crippen molar-refractivity contribution in [2.24, 2.45) is 5.73 Å². The van der Waals surface area contributed by atoms with Crippen LogP contribution in [0.2, 0.25) is 0 Å². The van der Waals surface area contributed by atoms with Crippen molar-refractivity contribution in [2.45, 2.75) is 0 Å². The van der Waals surface area contributed by atoms with E-state index in [0.717, 1.165) is 0 Å². The Balaban J connectivity index is 3.02. The van der Waals surface area contributed by atoms with Gasteiger partial charge in [-0.2, -0.15) is 5.26 Å². The maximum atomic E-state index is 7.75. The van der Waals surface area contributed by atoms with E-state index >= 15 is 0 Å². The quantitative estimate of drug-likeness (QED) is 0.493. The minimum atomic E-state index is 0.122. The second kappa shape index (κ2) is 3.04. The lowest BCUT2D eigenvalue weighted by molar-refractivity contribution is 0.302. The monoisotopic (exact) mass is 98.0 g/mol. The molecule has 0 aromatic heterocycles. The van der Waals surface area contributed by atoms with Gasteiger partial charge in [0, 0.05) is 5.70 Å². The van der Waals surface area contributed by atoms with E-state index in [1.54, 1.807) is 0 Å². The zero-order valence-electron chi connectivity index (χ0n) is 3.85. The first kappa shape index (κ1) is 5.83. The molecular formula is C4H6N2O. The van der Waals surface area contributed by atoms with E-state index in [0.29, 0.717) is 5.70 Å². The van der Waals surface area contributed by atoms with Crippen molar-refractivity contribution in [3.8, 4) is 6.26 Å². The summed E-state index contributed by atoms with van der Waals surface area (Å²) in [6.07, 6.45) is 1.46. The van der Waals surface area contributed by atoms with Crippen LogP contribution in [0, 0.1) is 11.5 Å². The molecule has 2 N–H and O–H groups in total. The summed E-state index contributed by atoms with van der Waals surface area (Å²) in [7, 11) is 0. The maximum absolute atomic E-state index is 7.75. The summed E-state index contributed by atoms with van der Waals surface area (Å²) in [4.78, 5) is 0. The lowest BCUT2D eigenvalue weighted by Crippen LogP contribution is -2.01. The van der Waals surface area contributed by atoms with E-state index in [1.807, 2.05) is 0 Å². The van der Waals surface area contributed by atoms with Crippen LogP contribution < -0.4 is 5.73 Å². The first-order valence-electron chi connectivity index (χ1n) is 1.71. The Bertz CT molecular complexity index is 103. The van der Waals surface area contributed by atoms with Crippen LogP contribution >= 0.6 is 0 Å². The highest BCUT2D eigenvalue weighted by Crippen LogP contribution is 1.75. The SMILES string of the molecule is C=C(N)COC#N. The zero-order chi connectivity index (χ0) is 5.70. The third-order valence-electron chi connectivity index (χ3n) is 0.322. The topological polar surface area (TPSA) is 59.0 Å². The number of nitriles is 1. The molecule has 0 radical (unpaired) electrons. The van der Waals surface area contributed by atoms with Crippen molar-refractivity contribution in [1.82, 2.24) is 0 Å². The van der Waals surface area contributed by atoms with Gasteiger partial charge >= 0.3 is 0 Å². The van der Waals surface area contributed by atoms with Gasteiger partial charge in [-0.05, 0) is 0 Å². The number of nitrogens with zero attached hydrogens (tertiary/aromatic N) is 1. The molecule has 0 heterocycles. The Hall–Kier alpha value is -1.17. The number of ether oxygens (including phenoxy) is 1. The largest absolute Gasteiger partial charge is 0.421 e. The molecule has 0 bridgehead atoms. The molecule has 0 aromatic carbocycles. The van der Waals surface area contributed by atoms with Crippen LogP contribution in [0.5, 0.6) is 0 Å². The predicted octanol–water partition coefficient (Wildman–Crippen LogP) is -0.0435. The summed E-state index contributed by atoms with van der Waals surface area (Å²) in [6.45, 7) is 3.42. The Morgan fingerprint density at radius 2 is 2.57 bits per heavy atom. The third kappa shape index (κ3) is 4.83. The second-order valence-electron chi connectivity index (χ2n) is 1.04. The van der Waals surface area contributed by atoms with Crippen LogP contribution in [0.4, 0.5) is 0 Å². The van der Waals surface area contributed by atoms with Crippen molar-refractivity contribution in [1.29, 1.82) is 5.26 Å². The summed E-state index contributed by atoms with van der Waals surface area (Å²) in [5.74, 6) is 0. The van der Waals surface area contributed by atoms with Crippen LogP contribution in [0.1, 0.15) is 0 Å². The number of nitrogens with two attached hydrogens (primary N) is 1. The molecule has 0 aliphatic heterocycles. The van der Waals surface area contributed by atoms with Gasteiger partial charge < -0.3 is 10.5 Å². The molecular weight excluding hydrogens is 92.1 g/mol. The zero-order valence-corrected chi connectivity index (χ0v) is 3.85. The smallest absolute Gasteiger partial charge is 0.286 e. The standard InChI is InChI=1S/C4H6N2O/c1-4(6)2-7-3-5/h1-2,6H2. The van der Waals surface area contributed by atoms with Crippen molar-refractivity contribution in [3.63, 3.8) is 0 Å². The number of hydrogen-bond donors (Lipinski definition) is 1. The Kier molecular flexibility index (Phi) is 2.53. The Labute approximate surface area is 42.0 Å². The van der Waals surface area contributed by atoms with Gasteiger partial charge in [0.1, 0.15) is 6.61 Å². The molecule has 7 heavy (non-hydrogen) atoms. The minimum absolute atomic E-state index is 0.122. The molecule has 0 rings (SSSR count). The molecule has 0 aliphatic rings. The van der Waals surface area contributed by atoms with Crippen LogP contribution in [0.3, 0.4) is 0 Å². The highest BCUT2D eigenvalue weighted by atomic mass is 16.5. The van der Waals surface area contributed by atoms with E-state index in [4.69, 9.17) is 11.0 Å². The van der Waals surface area contributed by atoms with Gasteiger partial charge in [0.2, 0.25) is 0 Å². The summed E-state index contributed by atoms with van der Waals surface area (Å²) in [5.41, 5.74) is 5.37. The normalized spacial score (nSPS) is 6.71. The van der Waals surface area contributed by atoms with Crippen molar-refractivity contribution >= 4 is 0 Å².